The van der Waals surface area contributed by atoms with Gasteiger partial charge in [-0.25, -0.2) is 4.79 Å². The van der Waals surface area contributed by atoms with Crippen molar-refractivity contribution in [1.29, 1.82) is 0 Å². The standard InChI is InChI=1S/C35H37N3O6.C30H29N3O4/c1-33(2,3)44-32(41)38-29-21-25(30(39)36-27-12-8-10-23(18-27)14-16-34(4,5)42)20-26(22-29)31(40)37-28-13-9-11-24(19-28)15-17-35(6,7)43;1-29(2,36)13-11-20-7-5-9-25(15-20)32-27(34)22-17-23(19-24(31)18-22)28(35)33-26-10-6-8-21(16-26)12-14-30(3,4)37/h8-13,18-22,42-43H,1-7H3,(H,36,39)(H,37,40)(H,38,41);5-10,15-19,36-37H,31H2,1-4H3,(H,32,34)(H,33,35). The molecule has 16 heteroatoms. The molecule has 0 aliphatic heterocycles. The number of carbonyl (C=O) groups excluding carboxylic acids is 5. The van der Waals surface area contributed by atoms with Crippen molar-refractivity contribution >= 4 is 63.8 Å². The number of rotatable bonds is 9. The molecule has 6 aromatic carbocycles. The monoisotopic (exact) mass is 1090 g/mol. The van der Waals surface area contributed by atoms with Crippen LogP contribution < -0.4 is 32.3 Å². The fourth-order valence-electron chi connectivity index (χ4n) is 6.71. The summed E-state index contributed by atoms with van der Waals surface area (Å²) in [4.78, 5) is 65.0. The number of hydrogen-bond donors (Lipinski definition) is 10. The Morgan fingerprint density at radius 1 is 0.370 bits per heavy atom. The minimum absolute atomic E-state index is 0.0986. The second-order valence-electron chi connectivity index (χ2n) is 21.6. The van der Waals surface area contributed by atoms with Crippen LogP contribution in [0.4, 0.5) is 38.9 Å². The highest BCUT2D eigenvalue weighted by molar-refractivity contribution is 6.11. The van der Waals surface area contributed by atoms with Gasteiger partial charge in [-0.05, 0) is 185 Å². The van der Waals surface area contributed by atoms with Crippen LogP contribution in [0, 0.1) is 47.4 Å². The Bertz CT molecular complexity index is 3400. The normalized spacial score (nSPS) is 11.0. The summed E-state index contributed by atoms with van der Waals surface area (Å²) in [7, 11) is 0. The zero-order valence-corrected chi connectivity index (χ0v) is 47.0. The van der Waals surface area contributed by atoms with E-state index in [2.05, 4.69) is 73.9 Å². The van der Waals surface area contributed by atoms with Gasteiger partial charge in [0.05, 0.1) is 0 Å². The minimum Gasteiger partial charge on any atom is -0.444 e. The number of nitrogen functional groups attached to an aromatic ring is 1. The lowest BCUT2D eigenvalue weighted by atomic mass is 10.1. The first kappa shape index (κ1) is 62.2. The van der Waals surface area contributed by atoms with Crippen LogP contribution >= 0.6 is 0 Å². The van der Waals surface area contributed by atoms with Crippen molar-refractivity contribution in [1.82, 2.24) is 0 Å². The number of nitrogens with one attached hydrogen (secondary N) is 5. The van der Waals surface area contributed by atoms with Gasteiger partial charge < -0.3 is 52.2 Å². The molecule has 0 heterocycles. The Morgan fingerprint density at radius 3 is 0.877 bits per heavy atom. The average Bonchev–Trinajstić information content (AvgIpc) is 3.35. The van der Waals surface area contributed by atoms with Crippen LogP contribution in [-0.2, 0) is 4.74 Å². The van der Waals surface area contributed by atoms with Gasteiger partial charge in [-0.3, -0.25) is 24.5 Å². The molecule has 0 saturated carbocycles. The van der Waals surface area contributed by atoms with E-state index in [1.807, 2.05) is 0 Å². The quantitative estimate of drug-likeness (QED) is 0.0481. The van der Waals surface area contributed by atoms with Gasteiger partial charge in [0.25, 0.3) is 23.6 Å². The van der Waals surface area contributed by atoms with E-state index in [-0.39, 0.29) is 33.6 Å². The smallest absolute Gasteiger partial charge is 0.412 e. The molecule has 0 aromatic heterocycles. The molecule has 416 valence electrons. The first-order chi connectivity index (χ1) is 37.6. The van der Waals surface area contributed by atoms with Gasteiger partial charge in [-0.2, -0.15) is 0 Å². The van der Waals surface area contributed by atoms with Crippen LogP contribution in [0.3, 0.4) is 0 Å². The van der Waals surface area contributed by atoms with Crippen molar-refractivity contribution in [2.24, 2.45) is 0 Å². The molecule has 11 N–H and O–H groups in total. The highest BCUT2D eigenvalue weighted by Crippen LogP contribution is 2.23. The van der Waals surface area contributed by atoms with Crippen molar-refractivity contribution in [3.05, 3.63) is 178 Å². The summed E-state index contributed by atoms with van der Waals surface area (Å²) >= 11 is 0. The molecule has 0 aliphatic rings. The highest BCUT2D eigenvalue weighted by atomic mass is 16.6. The lowest BCUT2D eigenvalue weighted by Gasteiger charge is -2.20. The molecular weight excluding hydrogens is 1020 g/mol. The number of aliphatic hydroxyl groups is 4. The van der Waals surface area contributed by atoms with Crippen LogP contribution in [0.5, 0.6) is 0 Å². The molecule has 0 spiro atoms. The Kier molecular flexibility index (Phi) is 20.2. The van der Waals surface area contributed by atoms with E-state index >= 15 is 0 Å². The van der Waals surface area contributed by atoms with Gasteiger partial charge in [0.15, 0.2) is 0 Å². The van der Waals surface area contributed by atoms with Crippen molar-refractivity contribution in [3.63, 3.8) is 0 Å². The van der Waals surface area contributed by atoms with Crippen LogP contribution in [0.1, 0.15) is 140 Å². The van der Waals surface area contributed by atoms with E-state index in [1.54, 1.807) is 173 Å². The molecule has 0 saturated heterocycles. The van der Waals surface area contributed by atoms with Crippen LogP contribution in [0.25, 0.3) is 0 Å². The number of anilines is 6. The zero-order chi connectivity index (χ0) is 59.9. The molecule has 0 fully saturated rings. The maximum atomic E-state index is 13.3. The topological polar surface area (TPSA) is 262 Å². The summed E-state index contributed by atoms with van der Waals surface area (Å²) < 4.78 is 5.34. The van der Waals surface area contributed by atoms with Gasteiger partial charge in [0.1, 0.15) is 28.0 Å². The van der Waals surface area contributed by atoms with Gasteiger partial charge in [0.2, 0.25) is 0 Å². The first-order valence-corrected chi connectivity index (χ1v) is 25.4. The molecule has 6 aromatic rings. The summed E-state index contributed by atoms with van der Waals surface area (Å²) in [6, 6.07) is 36.1. The second-order valence-corrected chi connectivity index (χ2v) is 21.6. The van der Waals surface area contributed by atoms with Crippen molar-refractivity contribution in [2.75, 3.05) is 32.3 Å². The van der Waals surface area contributed by atoms with E-state index < -0.39 is 57.7 Å². The number of ether oxygens (including phenoxy) is 1. The molecule has 0 bridgehead atoms. The van der Waals surface area contributed by atoms with Crippen LogP contribution in [0.15, 0.2) is 133 Å². The van der Waals surface area contributed by atoms with Crippen molar-refractivity contribution in [3.8, 4) is 47.4 Å². The molecular formula is C65H66N6O10. The summed E-state index contributed by atoms with van der Waals surface area (Å²) in [5.41, 5.74) is 5.96. The molecule has 6 rings (SSSR count). The third kappa shape index (κ3) is 23.1. The van der Waals surface area contributed by atoms with Gasteiger partial charge >= 0.3 is 6.09 Å². The fraction of sp³-hybridized carbons (Fsp3) is 0.246. The van der Waals surface area contributed by atoms with E-state index in [0.717, 1.165) is 0 Å². The third-order valence-electron chi connectivity index (χ3n) is 10.1. The van der Waals surface area contributed by atoms with E-state index in [4.69, 9.17) is 10.5 Å². The largest absolute Gasteiger partial charge is 0.444 e. The summed E-state index contributed by atoms with van der Waals surface area (Å²) in [5, 5.41) is 53.1. The third-order valence-corrected chi connectivity index (χ3v) is 10.1. The summed E-state index contributed by atoms with van der Waals surface area (Å²) in [6.45, 7) is 17.8. The Balaban J connectivity index is 0.000000302. The van der Waals surface area contributed by atoms with E-state index in [1.165, 1.54) is 36.4 Å². The molecule has 0 atom stereocenters. The van der Waals surface area contributed by atoms with E-state index in [9.17, 15) is 44.4 Å². The van der Waals surface area contributed by atoms with Gasteiger partial charge in [-0.1, -0.05) is 71.6 Å². The number of carbonyl (C=O) groups is 5. The Hall–Kier alpha value is -9.65. The van der Waals surface area contributed by atoms with Crippen molar-refractivity contribution < 1.29 is 49.1 Å². The predicted octanol–water partition coefficient (Wildman–Crippen LogP) is 9.80. The van der Waals surface area contributed by atoms with E-state index in [0.29, 0.717) is 45.0 Å². The lowest BCUT2D eigenvalue weighted by Crippen LogP contribution is -2.27. The molecule has 81 heavy (non-hydrogen) atoms. The van der Waals surface area contributed by atoms with Crippen molar-refractivity contribution in [2.45, 2.75) is 104 Å². The van der Waals surface area contributed by atoms with Crippen LogP contribution in [-0.4, -0.2) is 78.2 Å². The predicted molar refractivity (Wildman–Crippen MR) is 317 cm³/mol. The van der Waals surface area contributed by atoms with Crippen LogP contribution in [0.2, 0.25) is 0 Å². The van der Waals surface area contributed by atoms with Gasteiger partial charge in [0, 0.05) is 78.6 Å². The number of nitrogens with two attached hydrogens (primary N) is 1. The Morgan fingerprint density at radius 2 is 0.630 bits per heavy atom. The number of benzene rings is 6. The summed E-state index contributed by atoms with van der Waals surface area (Å²) in [6.07, 6.45) is -0.752. The number of amides is 5. The molecule has 5 amide bonds. The molecule has 0 unspecified atom stereocenters. The zero-order valence-electron chi connectivity index (χ0n) is 47.0. The molecule has 0 aliphatic carbocycles. The number of hydrogen-bond acceptors (Lipinski definition) is 11. The average molecular weight is 1090 g/mol. The maximum absolute atomic E-state index is 13.3. The molecule has 0 radical (unpaired) electrons. The molecule has 16 nitrogen and oxygen atoms in total. The Labute approximate surface area is 472 Å². The highest BCUT2D eigenvalue weighted by Gasteiger charge is 2.20. The SMILES string of the molecule is CC(C)(O)C#Cc1cccc(NC(=O)c2cc(N)cc(C(=O)Nc3cccc(C#CC(C)(C)O)c3)c2)c1.CC(C)(O)C#Cc1cccc(NC(=O)c2cc(NC(=O)OC(C)(C)C)cc(C(=O)Nc3cccc(C#CC(C)(C)O)c3)c2)c1. The maximum Gasteiger partial charge on any atom is 0.412 e. The second kappa shape index (κ2) is 26.3. The fourth-order valence-corrected chi connectivity index (χ4v) is 6.71. The summed E-state index contributed by atoms with van der Waals surface area (Å²) in [5.74, 6) is 20.4. The first-order valence-electron chi connectivity index (χ1n) is 25.4. The minimum atomic E-state index is -1.18. The lowest BCUT2D eigenvalue weighted by molar-refractivity contribution is 0.0634. The van der Waals surface area contributed by atoms with Gasteiger partial charge in [-0.15, -0.1) is 0 Å².